The highest BCUT2D eigenvalue weighted by Gasteiger charge is 2.18. The minimum absolute atomic E-state index is 0.150. The van der Waals surface area contributed by atoms with Crippen LogP contribution >= 0.6 is 0 Å². The molecule has 1 aliphatic rings. The molecule has 0 spiro atoms. The fourth-order valence-electron chi connectivity index (χ4n) is 2.02. The third-order valence-corrected chi connectivity index (χ3v) is 2.83. The lowest BCUT2D eigenvalue weighted by molar-refractivity contribution is 0.320. The highest BCUT2D eigenvalue weighted by Crippen LogP contribution is 2.17. The first kappa shape index (κ1) is 9.66. The van der Waals surface area contributed by atoms with E-state index in [1.165, 1.54) is 37.2 Å². The average Bonchev–Trinajstić information content (AvgIpc) is 2.56. The summed E-state index contributed by atoms with van der Waals surface area (Å²) in [6.45, 7) is 5.60. The Bertz CT molecular complexity index is 294. The maximum absolute atomic E-state index is 12.6. The van der Waals surface area contributed by atoms with Crippen molar-refractivity contribution < 1.29 is 4.39 Å². The molecule has 1 nitrogen and oxygen atoms in total. The largest absolute Gasteiger partial charge is 0.299 e. The number of likely N-dealkylation sites (tertiary alicyclic amines) is 1. The van der Waals surface area contributed by atoms with E-state index in [2.05, 4.69) is 11.8 Å². The first-order chi connectivity index (χ1) is 6.74. The summed E-state index contributed by atoms with van der Waals surface area (Å²) in [7, 11) is 0. The van der Waals surface area contributed by atoms with E-state index in [0.29, 0.717) is 0 Å². The van der Waals surface area contributed by atoms with Crippen LogP contribution in [0.5, 0.6) is 0 Å². The second-order valence-corrected chi connectivity index (χ2v) is 4.26. The first-order valence-corrected chi connectivity index (χ1v) is 5.21. The van der Waals surface area contributed by atoms with Crippen LogP contribution < -0.4 is 0 Å². The molecule has 0 unspecified atom stereocenters. The predicted octanol–water partition coefficient (Wildman–Crippen LogP) is 2.67. The third kappa shape index (κ3) is 2.32. The quantitative estimate of drug-likeness (QED) is 0.698. The van der Waals surface area contributed by atoms with Crippen molar-refractivity contribution >= 4 is 0 Å². The molecule has 0 radical (unpaired) electrons. The number of hydrogen-bond donors (Lipinski definition) is 0. The fraction of sp³-hybridized carbons (Fsp3) is 0.500. The molecule has 1 aromatic carbocycles. The van der Waals surface area contributed by atoms with Crippen molar-refractivity contribution in [2.75, 3.05) is 13.1 Å². The molecule has 1 aromatic rings. The molecule has 1 aliphatic heterocycles. The van der Waals surface area contributed by atoms with Gasteiger partial charge in [-0.25, -0.2) is 4.39 Å². The van der Waals surface area contributed by atoms with Crippen molar-refractivity contribution in [1.82, 2.24) is 4.90 Å². The molecule has 2 rings (SSSR count). The Morgan fingerprint density at radius 2 is 2.07 bits per heavy atom. The van der Waals surface area contributed by atoms with Gasteiger partial charge in [-0.05, 0) is 36.6 Å². The first-order valence-electron chi connectivity index (χ1n) is 5.21. The van der Waals surface area contributed by atoms with Gasteiger partial charge in [-0.3, -0.25) is 4.90 Å². The van der Waals surface area contributed by atoms with E-state index >= 15 is 0 Å². The lowest BCUT2D eigenvalue weighted by atomic mass is 10.2. The number of benzene rings is 1. The minimum Gasteiger partial charge on any atom is -0.299 e. The van der Waals surface area contributed by atoms with Crippen LogP contribution in [-0.4, -0.2) is 18.0 Å². The van der Waals surface area contributed by atoms with Gasteiger partial charge in [0.1, 0.15) is 5.82 Å². The second kappa shape index (κ2) is 4.09. The van der Waals surface area contributed by atoms with Gasteiger partial charge < -0.3 is 0 Å². The van der Waals surface area contributed by atoms with Crippen molar-refractivity contribution in [2.45, 2.75) is 19.9 Å². The van der Waals surface area contributed by atoms with Gasteiger partial charge in [0.05, 0.1) is 0 Å². The number of rotatable bonds is 2. The van der Waals surface area contributed by atoms with Gasteiger partial charge in [-0.15, -0.1) is 0 Å². The molecule has 0 amide bonds. The highest BCUT2D eigenvalue weighted by molar-refractivity contribution is 5.16. The van der Waals surface area contributed by atoms with Crippen LogP contribution in [0, 0.1) is 11.7 Å². The SMILES string of the molecule is C[C@@H]1CCN(Cc2ccc(F)cc2)C1. The van der Waals surface area contributed by atoms with Crippen LogP contribution in [0.15, 0.2) is 24.3 Å². The van der Waals surface area contributed by atoms with Crippen molar-refractivity contribution in [1.29, 1.82) is 0 Å². The summed E-state index contributed by atoms with van der Waals surface area (Å²) >= 11 is 0. The summed E-state index contributed by atoms with van der Waals surface area (Å²) in [6, 6.07) is 6.82. The van der Waals surface area contributed by atoms with Crippen LogP contribution in [0.4, 0.5) is 4.39 Å². The normalized spacial score (nSPS) is 22.9. The molecule has 0 bridgehead atoms. The molecule has 1 heterocycles. The summed E-state index contributed by atoms with van der Waals surface area (Å²) in [5.41, 5.74) is 1.21. The number of halogens is 1. The smallest absolute Gasteiger partial charge is 0.123 e. The van der Waals surface area contributed by atoms with Crippen LogP contribution in [-0.2, 0) is 6.54 Å². The van der Waals surface area contributed by atoms with E-state index in [4.69, 9.17) is 0 Å². The Balaban J connectivity index is 1.94. The van der Waals surface area contributed by atoms with Gasteiger partial charge in [-0.1, -0.05) is 19.1 Å². The molecule has 0 aliphatic carbocycles. The van der Waals surface area contributed by atoms with Crippen LogP contribution in [0.2, 0.25) is 0 Å². The lowest BCUT2D eigenvalue weighted by Crippen LogP contribution is -2.19. The third-order valence-electron chi connectivity index (χ3n) is 2.83. The lowest BCUT2D eigenvalue weighted by Gasteiger charge is -2.14. The maximum atomic E-state index is 12.6. The van der Waals surface area contributed by atoms with E-state index in [0.717, 1.165) is 12.5 Å². The van der Waals surface area contributed by atoms with Gasteiger partial charge in [-0.2, -0.15) is 0 Å². The zero-order chi connectivity index (χ0) is 9.97. The fourth-order valence-corrected chi connectivity index (χ4v) is 2.02. The average molecular weight is 193 g/mol. The van der Waals surface area contributed by atoms with Gasteiger partial charge in [0.25, 0.3) is 0 Å². The van der Waals surface area contributed by atoms with E-state index < -0.39 is 0 Å². The van der Waals surface area contributed by atoms with Crippen molar-refractivity contribution in [2.24, 2.45) is 5.92 Å². The van der Waals surface area contributed by atoms with Crippen LogP contribution in [0.3, 0.4) is 0 Å². The zero-order valence-electron chi connectivity index (χ0n) is 8.54. The maximum Gasteiger partial charge on any atom is 0.123 e. The Kier molecular flexibility index (Phi) is 2.82. The standard InChI is InChI=1S/C12H16FN/c1-10-6-7-14(8-10)9-11-2-4-12(13)5-3-11/h2-5,10H,6-9H2,1H3/t10-/m1/s1. The van der Waals surface area contributed by atoms with E-state index in [9.17, 15) is 4.39 Å². The monoisotopic (exact) mass is 193 g/mol. The summed E-state index contributed by atoms with van der Waals surface area (Å²) in [4.78, 5) is 2.43. The van der Waals surface area contributed by atoms with E-state index in [-0.39, 0.29) is 5.82 Å². The van der Waals surface area contributed by atoms with Crippen molar-refractivity contribution in [3.05, 3.63) is 35.6 Å². The Morgan fingerprint density at radius 3 is 2.64 bits per heavy atom. The molecule has 14 heavy (non-hydrogen) atoms. The van der Waals surface area contributed by atoms with Gasteiger partial charge in [0.15, 0.2) is 0 Å². The Labute approximate surface area is 84.5 Å². The van der Waals surface area contributed by atoms with Crippen LogP contribution in [0.25, 0.3) is 0 Å². The molecule has 0 N–H and O–H groups in total. The summed E-state index contributed by atoms with van der Waals surface area (Å²) in [6.07, 6.45) is 1.29. The summed E-state index contributed by atoms with van der Waals surface area (Å²) < 4.78 is 12.6. The molecule has 1 atom stereocenters. The number of nitrogens with zero attached hydrogens (tertiary/aromatic N) is 1. The molecule has 76 valence electrons. The Hall–Kier alpha value is -0.890. The second-order valence-electron chi connectivity index (χ2n) is 4.26. The highest BCUT2D eigenvalue weighted by atomic mass is 19.1. The molecule has 0 saturated carbocycles. The number of hydrogen-bond acceptors (Lipinski definition) is 1. The molecule has 0 aromatic heterocycles. The van der Waals surface area contributed by atoms with Gasteiger partial charge in [0, 0.05) is 13.1 Å². The van der Waals surface area contributed by atoms with E-state index in [1.54, 1.807) is 0 Å². The molecule has 2 heteroatoms. The molecule has 1 saturated heterocycles. The van der Waals surface area contributed by atoms with Crippen molar-refractivity contribution in [3.8, 4) is 0 Å². The van der Waals surface area contributed by atoms with Gasteiger partial charge >= 0.3 is 0 Å². The van der Waals surface area contributed by atoms with Gasteiger partial charge in [0.2, 0.25) is 0 Å². The molecular formula is C12H16FN. The summed E-state index contributed by atoms with van der Waals surface area (Å²) in [5, 5.41) is 0. The topological polar surface area (TPSA) is 3.24 Å². The molecule has 1 fully saturated rings. The predicted molar refractivity (Wildman–Crippen MR) is 55.5 cm³/mol. The summed E-state index contributed by atoms with van der Waals surface area (Å²) in [5.74, 6) is 0.666. The Morgan fingerprint density at radius 1 is 1.36 bits per heavy atom. The van der Waals surface area contributed by atoms with Crippen molar-refractivity contribution in [3.63, 3.8) is 0 Å². The van der Waals surface area contributed by atoms with Crippen LogP contribution in [0.1, 0.15) is 18.9 Å². The zero-order valence-corrected chi connectivity index (χ0v) is 8.54. The minimum atomic E-state index is -0.150. The molecular weight excluding hydrogens is 177 g/mol. The van der Waals surface area contributed by atoms with E-state index in [1.807, 2.05) is 12.1 Å².